The Balaban J connectivity index is 1.71. The molecule has 0 aliphatic rings. The Morgan fingerprint density at radius 1 is 1.36 bits per heavy atom. The number of halogens is 1. The van der Waals surface area contributed by atoms with Crippen LogP contribution in [0.4, 0.5) is 11.4 Å². The molecule has 1 N–H and O–H groups in total. The van der Waals surface area contributed by atoms with Gasteiger partial charge < -0.3 is 10.1 Å². The number of amides is 1. The summed E-state index contributed by atoms with van der Waals surface area (Å²) in [5, 5.41) is 23.3. The molecular weight excluding hydrogens is 466 g/mol. The Morgan fingerprint density at radius 3 is 2.82 bits per heavy atom. The lowest BCUT2D eigenvalue weighted by Crippen LogP contribution is -2.16. The fourth-order valence-electron chi connectivity index (χ4n) is 3.05. The molecule has 0 radical (unpaired) electrons. The number of thioether (sulfide) groups is 1. The van der Waals surface area contributed by atoms with Gasteiger partial charge in [-0.25, -0.2) is 0 Å². The molecule has 0 saturated carbocycles. The maximum atomic E-state index is 12.4. The Kier molecular flexibility index (Phi) is 8.07. The van der Waals surface area contributed by atoms with Gasteiger partial charge >= 0.3 is 0 Å². The molecule has 1 aromatic heterocycles. The standard InChI is InChI=1S/C22H22ClN5O4S/c1-4-11-27-21(15(3)32-19-10-9-16(23)12-14(19)2)25-26-22(27)33-13-20(29)24-17-7-5-6-8-18(17)28(30)31/h4-10,12,15H,1,11,13H2,2-3H3,(H,24,29). The molecule has 0 aliphatic heterocycles. The van der Waals surface area contributed by atoms with Crippen LogP contribution in [-0.2, 0) is 11.3 Å². The molecule has 9 nitrogen and oxygen atoms in total. The van der Waals surface area contributed by atoms with Crippen LogP contribution in [0.3, 0.4) is 0 Å². The Hall–Kier alpha value is -3.37. The van der Waals surface area contributed by atoms with Crippen molar-refractivity contribution in [1.82, 2.24) is 14.8 Å². The highest BCUT2D eigenvalue weighted by Gasteiger charge is 2.21. The summed E-state index contributed by atoms with van der Waals surface area (Å²) < 4.78 is 7.87. The molecule has 172 valence electrons. The van der Waals surface area contributed by atoms with E-state index in [1.54, 1.807) is 24.3 Å². The molecule has 0 saturated heterocycles. The molecule has 3 aromatic rings. The number of aryl methyl sites for hydroxylation is 1. The molecule has 11 heteroatoms. The number of hydrogen-bond donors (Lipinski definition) is 1. The van der Waals surface area contributed by atoms with Crippen molar-refractivity contribution < 1.29 is 14.5 Å². The third-order valence-corrected chi connectivity index (χ3v) is 5.77. The Labute approximate surface area is 200 Å². The Morgan fingerprint density at radius 2 is 2.12 bits per heavy atom. The molecule has 0 spiro atoms. The van der Waals surface area contributed by atoms with Gasteiger partial charge in [-0.1, -0.05) is 41.6 Å². The SMILES string of the molecule is C=CCn1c(SCC(=O)Nc2ccccc2[N+](=O)[O-])nnc1C(C)Oc1ccc(Cl)cc1C. The number of nitro groups is 1. The van der Waals surface area contributed by atoms with Gasteiger partial charge in [0, 0.05) is 17.6 Å². The lowest BCUT2D eigenvalue weighted by molar-refractivity contribution is -0.383. The van der Waals surface area contributed by atoms with Crippen LogP contribution in [0.1, 0.15) is 24.4 Å². The van der Waals surface area contributed by atoms with Gasteiger partial charge in [-0.15, -0.1) is 16.8 Å². The summed E-state index contributed by atoms with van der Waals surface area (Å²) in [5.41, 5.74) is 0.864. The second-order valence-corrected chi connectivity index (χ2v) is 8.40. The number of nitrogens with zero attached hydrogens (tertiary/aromatic N) is 4. The number of anilines is 1. The number of carbonyl (C=O) groups is 1. The fourth-order valence-corrected chi connectivity index (χ4v) is 4.03. The third-order valence-electron chi connectivity index (χ3n) is 4.57. The van der Waals surface area contributed by atoms with Crippen LogP contribution in [-0.4, -0.2) is 31.3 Å². The van der Waals surface area contributed by atoms with E-state index in [0.717, 1.165) is 17.3 Å². The smallest absolute Gasteiger partial charge is 0.292 e. The zero-order valence-electron chi connectivity index (χ0n) is 18.0. The maximum Gasteiger partial charge on any atom is 0.292 e. The minimum absolute atomic E-state index is 0.00709. The number of nitro benzene ring substituents is 1. The van der Waals surface area contributed by atoms with Crippen molar-refractivity contribution in [2.75, 3.05) is 11.1 Å². The van der Waals surface area contributed by atoms with Crippen LogP contribution in [0.2, 0.25) is 5.02 Å². The molecular formula is C22H22ClN5O4S. The minimum Gasteiger partial charge on any atom is -0.482 e. The minimum atomic E-state index is -0.542. The third kappa shape index (κ3) is 6.11. The molecule has 0 bridgehead atoms. The highest BCUT2D eigenvalue weighted by molar-refractivity contribution is 7.99. The van der Waals surface area contributed by atoms with E-state index in [1.807, 2.05) is 24.5 Å². The lowest BCUT2D eigenvalue weighted by atomic mass is 10.2. The van der Waals surface area contributed by atoms with Crippen molar-refractivity contribution in [1.29, 1.82) is 0 Å². The fraction of sp³-hybridized carbons (Fsp3) is 0.227. The zero-order chi connectivity index (χ0) is 24.0. The quantitative estimate of drug-likeness (QED) is 0.181. The first-order chi connectivity index (χ1) is 15.8. The summed E-state index contributed by atoms with van der Waals surface area (Å²) in [6.07, 6.45) is 1.28. The van der Waals surface area contributed by atoms with E-state index in [1.165, 1.54) is 18.2 Å². The number of rotatable bonds is 10. The number of benzene rings is 2. The van der Waals surface area contributed by atoms with Crippen molar-refractivity contribution in [3.8, 4) is 5.75 Å². The number of nitrogens with one attached hydrogen (secondary N) is 1. The molecule has 2 aromatic carbocycles. The van der Waals surface area contributed by atoms with Crippen LogP contribution < -0.4 is 10.1 Å². The number of allylic oxidation sites excluding steroid dienone is 1. The normalized spacial score (nSPS) is 11.6. The van der Waals surface area contributed by atoms with E-state index in [-0.39, 0.29) is 17.1 Å². The molecule has 3 rings (SSSR count). The van der Waals surface area contributed by atoms with Crippen LogP contribution in [0.15, 0.2) is 60.3 Å². The van der Waals surface area contributed by atoms with Gasteiger partial charge in [-0.05, 0) is 43.7 Å². The van der Waals surface area contributed by atoms with E-state index in [2.05, 4.69) is 22.1 Å². The van der Waals surface area contributed by atoms with Gasteiger partial charge in [0.25, 0.3) is 5.69 Å². The molecule has 33 heavy (non-hydrogen) atoms. The second kappa shape index (κ2) is 11.0. The van der Waals surface area contributed by atoms with Crippen molar-refractivity contribution in [2.45, 2.75) is 31.7 Å². The van der Waals surface area contributed by atoms with Gasteiger partial charge in [0.15, 0.2) is 17.1 Å². The van der Waals surface area contributed by atoms with Crippen molar-refractivity contribution >= 4 is 40.6 Å². The van der Waals surface area contributed by atoms with E-state index in [9.17, 15) is 14.9 Å². The van der Waals surface area contributed by atoms with E-state index >= 15 is 0 Å². The van der Waals surface area contributed by atoms with Crippen molar-refractivity contribution in [3.05, 3.63) is 81.6 Å². The largest absolute Gasteiger partial charge is 0.482 e. The molecule has 1 heterocycles. The average molecular weight is 488 g/mol. The summed E-state index contributed by atoms with van der Waals surface area (Å²) in [5.74, 6) is 0.849. The first-order valence-electron chi connectivity index (χ1n) is 9.93. The van der Waals surface area contributed by atoms with E-state index < -0.39 is 16.9 Å². The molecule has 1 atom stereocenters. The summed E-state index contributed by atoms with van der Waals surface area (Å²) in [6.45, 7) is 7.95. The maximum absolute atomic E-state index is 12.4. The summed E-state index contributed by atoms with van der Waals surface area (Å²) >= 11 is 7.18. The number of para-hydroxylation sites is 2. The number of ether oxygens (including phenoxy) is 1. The van der Waals surface area contributed by atoms with Crippen molar-refractivity contribution in [2.24, 2.45) is 0 Å². The predicted octanol–water partition coefficient (Wildman–Crippen LogP) is 5.20. The monoisotopic (exact) mass is 487 g/mol. The van der Waals surface area contributed by atoms with Crippen molar-refractivity contribution in [3.63, 3.8) is 0 Å². The molecule has 0 fully saturated rings. The van der Waals surface area contributed by atoms with Gasteiger partial charge in [-0.3, -0.25) is 19.5 Å². The van der Waals surface area contributed by atoms with E-state index in [0.29, 0.717) is 28.3 Å². The topological polar surface area (TPSA) is 112 Å². The number of aromatic nitrogens is 3. The van der Waals surface area contributed by atoms with E-state index in [4.69, 9.17) is 16.3 Å². The molecule has 1 amide bonds. The average Bonchev–Trinajstić information content (AvgIpc) is 3.17. The summed E-state index contributed by atoms with van der Waals surface area (Å²) in [4.78, 5) is 23.0. The van der Waals surface area contributed by atoms with Crippen LogP contribution in [0, 0.1) is 17.0 Å². The first kappa shape index (κ1) is 24.3. The predicted molar refractivity (Wildman–Crippen MR) is 128 cm³/mol. The second-order valence-electron chi connectivity index (χ2n) is 7.02. The summed E-state index contributed by atoms with van der Waals surface area (Å²) in [6, 6.07) is 11.3. The highest BCUT2D eigenvalue weighted by Crippen LogP contribution is 2.29. The molecule has 1 unspecified atom stereocenters. The van der Waals surface area contributed by atoms with Crippen LogP contribution in [0.25, 0.3) is 0 Å². The van der Waals surface area contributed by atoms with Crippen LogP contribution >= 0.6 is 23.4 Å². The molecule has 0 aliphatic carbocycles. The lowest BCUT2D eigenvalue weighted by Gasteiger charge is -2.17. The Bertz CT molecular complexity index is 1180. The van der Waals surface area contributed by atoms with Gasteiger partial charge in [-0.2, -0.15) is 0 Å². The zero-order valence-corrected chi connectivity index (χ0v) is 19.6. The van der Waals surface area contributed by atoms with Gasteiger partial charge in [0.05, 0.1) is 10.7 Å². The van der Waals surface area contributed by atoms with Gasteiger partial charge in [0.2, 0.25) is 5.91 Å². The van der Waals surface area contributed by atoms with Gasteiger partial charge in [0.1, 0.15) is 11.4 Å². The van der Waals surface area contributed by atoms with Crippen LogP contribution in [0.5, 0.6) is 5.75 Å². The highest BCUT2D eigenvalue weighted by atomic mass is 35.5. The number of hydrogen-bond acceptors (Lipinski definition) is 7. The number of carbonyl (C=O) groups excluding carboxylic acids is 1. The first-order valence-corrected chi connectivity index (χ1v) is 11.3. The summed E-state index contributed by atoms with van der Waals surface area (Å²) in [7, 11) is 0.